The first-order valence-electron chi connectivity index (χ1n) is 5.99. The molecule has 0 radical (unpaired) electrons. The van der Waals surface area contributed by atoms with E-state index in [0.29, 0.717) is 5.75 Å². The molecule has 0 heterocycles. The smallest absolute Gasteiger partial charge is 0.123 e. The highest BCUT2D eigenvalue weighted by Gasteiger charge is 2.19. The Morgan fingerprint density at radius 1 is 1.25 bits per heavy atom. The third-order valence-corrected chi connectivity index (χ3v) is 2.67. The van der Waals surface area contributed by atoms with E-state index in [1.807, 2.05) is 18.2 Å². The maximum atomic E-state index is 10.2. The molecule has 0 unspecified atom stereocenters. The van der Waals surface area contributed by atoms with Crippen LogP contribution >= 0.6 is 0 Å². The fraction of sp³-hybridized carbons (Fsp3) is 0.571. The molecule has 0 aliphatic heterocycles. The van der Waals surface area contributed by atoms with E-state index in [0.717, 1.165) is 30.6 Å². The van der Waals surface area contributed by atoms with Crippen LogP contribution in [0.2, 0.25) is 0 Å². The molecular weight excluding hydrogens is 198 g/mol. The summed E-state index contributed by atoms with van der Waals surface area (Å²) in [5.41, 5.74) is 1.99. The minimum atomic E-state index is -0.00908. The maximum Gasteiger partial charge on any atom is 0.123 e. The zero-order valence-corrected chi connectivity index (χ0v) is 10.8. The van der Waals surface area contributed by atoms with Gasteiger partial charge < -0.3 is 10.4 Å². The van der Waals surface area contributed by atoms with Crippen molar-refractivity contribution in [2.45, 2.75) is 46.1 Å². The number of phenolic OH excluding ortho intramolecular Hbond substituents is 1. The lowest BCUT2D eigenvalue weighted by Gasteiger charge is -2.22. The van der Waals surface area contributed by atoms with Crippen molar-refractivity contribution in [3.63, 3.8) is 0 Å². The average molecular weight is 221 g/mol. The third-order valence-electron chi connectivity index (χ3n) is 2.67. The monoisotopic (exact) mass is 221 g/mol. The molecule has 90 valence electrons. The molecule has 1 rings (SSSR count). The van der Waals surface area contributed by atoms with Gasteiger partial charge in [0.05, 0.1) is 0 Å². The van der Waals surface area contributed by atoms with Crippen LogP contribution in [0.25, 0.3) is 0 Å². The summed E-state index contributed by atoms with van der Waals surface area (Å²) in [6.07, 6.45) is 1.11. The topological polar surface area (TPSA) is 32.3 Å². The second-order valence-electron chi connectivity index (χ2n) is 5.24. The van der Waals surface area contributed by atoms with Crippen molar-refractivity contribution in [3.05, 3.63) is 29.3 Å². The Kier molecular flexibility index (Phi) is 4.36. The number of phenols is 1. The first-order chi connectivity index (χ1) is 7.46. The number of para-hydroxylation sites is 1. The van der Waals surface area contributed by atoms with Crippen molar-refractivity contribution in [1.29, 1.82) is 0 Å². The van der Waals surface area contributed by atoms with E-state index < -0.39 is 0 Å². The van der Waals surface area contributed by atoms with Gasteiger partial charge in [-0.25, -0.2) is 0 Å². The van der Waals surface area contributed by atoms with Gasteiger partial charge in [-0.1, -0.05) is 45.9 Å². The van der Waals surface area contributed by atoms with Gasteiger partial charge in [0.15, 0.2) is 0 Å². The highest BCUT2D eigenvalue weighted by atomic mass is 16.3. The van der Waals surface area contributed by atoms with Crippen molar-refractivity contribution < 1.29 is 5.11 Å². The van der Waals surface area contributed by atoms with E-state index in [4.69, 9.17) is 0 Å². The Hall–Kier alpha value is -1.02. The van der Waals surface area contributed by atoms with E-state index in [2.05, 4.69) is 33.0 Å². The Bertz CT molecular complexity index is 339. The number of rotatable bonds is 4. The SMILES string of the molecule is CCCNCc1cccc(C(C)(C)C)c1O. The van der Waals surface area contributed by atoms with Gasteiger partial charge in [-0.2, -0.15) is 0 Å². The number of hydrogen-bond donors (Lipinski definition) is 2. The Balaban J connectivity index is 2.87. The van der Waals surface area contributed by atoms with Gasteiger partial charge in [-0.15, -0.1) is 0 Å². The van der Waals surface area contributed by atoms with Gasteiger partial charge in [-0.3, -0.25) is 0 Å². The van der Waals surface area contributed by atoms with Crippen LogP contribution in [0.1, 0.15) is 45.2 Å². The Morgan fingerprint density at radius 2 is 1.94 bits per heavy atom. The summed E-state index contributed by atoms with van der Waals surface area (Å²) in [6, 6.07) is 6.00. The lowest BCUT2D eigenvalue weighted by Crippen LogP contribution is -2.16. The summed E-state index contributed by atoms with van der Waals surface area (Å²) in [4.78, 5) is 0. The lowest BCUT2D eigenvalue weighted by molar-refractivity contribution is 0.437. The number of aromatic hydroxyl groups is 1. The zero-order chi connectivity index (χ0) is 12.2. The highest BCUT2D eigenvalue weighted by Crippen LogP contribution is 2.32. The summed E-state index contributed by atoms with van der Waals surface area (Å²) in [6.45, 7) is 10.2. The fourth-order valence-corrected chi connectivity index (χ4v) is 1.74. The maximum absolute atomic E-state index is 10.2. The summed E-state index contributed by atoms with van der Waals surface area (Å²) >= 11 is 0. The lowest BCUT2D eigenvalue weighted by atomic mass is 9.85. The summed E-state index contributed by atoms with van der Waals surface area (Å²) < 4.78 is 0. The molecule has 2 nitrogen and oxygen atoms in total. The van der Waals surface area contributed by atoms with Crippen molar-refractivity contribution in [2.75, 3.05) is 6.54 Å². The number of hydrogen-bond acceptors (Lipinski definition) is 2. The second kappa shape index (κ2) is 5.35. The largest absolute Gasteiger partial charge is 0.507 e. The molecule has 2 heteroatoms. The standard InChI is InChI=1S/C14H23NO/c1-5-9-15-10-11-7-6-8-12(13(11)16)14(2,3)4/h6-8,15-16H,5,9-10H2,1-4H3. The van der Waals surface area contributed by atoms with Crippen LogP contribution in [0, 0.1) is 0 Å². The molecule has 0 aliphatic rings. The van der Waals surface area contributed by atoms with Crippen LogP contribution in [0.5, 0.6) is 5.75 Å². The first kappa shape index (κ1) is 13.0. The van der Waals surface area contributed by atoms with Crippen LogP contribution in [-0.2, 0) is 12.0 Å². The van der Waals surface area contributed by atoms with Gasteiger partial charge in [0.2, 0.25) is 0 Å². The van der Waals surface area contributed by atoms with Crippen LogP contribution in [0.4, 0.5) is 0 Å². The van der Waals surface area contributed by atoms with E-state index in [9.17, 15) is 5.11 Å². The zero-order valence-electron chi connectivity index (χ0n) is 10.8. The van der Waals surface area contributed by atoms with E-state index in [-0.39, 0.29) is 5.41 Å². The van der Waals surface area contributed by atoms with Crippen LogP contribution < -0.4 is 5.32 Å². The van der Waals surface area contributed by atoms with E-state index in [1.54, 1.807) is 0 Å². The van der Waals surface area contributed by atoms with Gasteiger partial charge >= 0.3 is 0 Å². The molecule has 0 aromatic heterocycles. The average Bonchev–Trinajstić information content (AvgIpc) is 2.19. The molecule has 16 heavy (non-hydrogen) atoms. The molecule has 0 amide bonds. The Labute approximate surface area is 98.7 Å². The third kappa shape index (κ3) is 3.24. The Morgan fingerprint density at radius 3 is 2.50 bits per heavy atom. The summed E-state index contributed by atoms with van der Waals surface area (Å²) in [5, 5.41) is 13.5. The van der Waals surface area contributed by atoms with Gasteiger partial charge in [0, 0.05) is 12.1 Å². The van der Waals surface area contributed by atoms with Crippen LogP contribution in [-0.4, -0.2) is 11.7 Å². The predicted molar refractivity (Wildman–Crippen MR) is 68.8 cm³/mol. The highest BCUT2D eigenvalue weighted by molar-refractivity contribution is 5.43. The molecule has 0 bridgehead atoms. The molecule has 0 spiro atoms. The molecule has 0 fully saturated rings. The van der Waals surface area contributed by atoms with Crippen LogP contribution in [0.15, 0.2) is 18.2 Å². The summed E-state index contributed by atoms with van der Waals surface area (Å²) in [7, 11) is 0. The molecule has 0 aliphatic carbocycles. The number of nitrogens with one attached hydrogen (secondary N) is 1. The normalized spacial score (nSPS) is 11.8. The molecule has 0 saturated carbocycles. The summed E-state index contributed by atoms with van der Waals surface area (Å²) in [5.74, 6) is 0.443. The van der Waals surface area contributed by atoms with Crippen molar-refractivity contribution in [2.24, 2.45) is 0 Å². The molecule has 0 saturated heterocycles. The second-order valence-corrected chi connectivity index (χ2v) is 5.24. The predicted octanol–water partition coefficient (Wildman–Crippen LogP) is 3.19. The van der Waals surface area contributed by atoms with Gasteiger partial charge in [0.25, 0.3) is 0 Å². The molecule has 0 atom stereocenters. The van der Waals surface area contributed by atoms with Crippen molar-refractivity contribution in [3.8, 4) is 5.75 Å². The number of benzene rings is 1. The fourth-order valence-electron chi connectivity index (χ4n) is 1.74. The van der Waals surface area contributed by atoms with E-state index >= 15 is 0 Å². The minimum Gasteiger partial charge on any atom is -0.507 e. The minimum absolute atomic E-state index is 0.00908. The molecule has 1 aromatic carbocycles. The van der Waals surface area contributed by atoms with Crippen molar-refractivity contribution in [1.82, 2.24) is 5.32 Å². The quantitative estimate of drug-likeness (QED) is 0.765. The molecule has 1 aromatic rings. The first-order valence-corrected chi connectivity index (χ1v) is 5.99. The van der Waals surface area contributed by atoms with E-state index in [1.165, 1.54) is 0 Å². The van der Waals surface area contributed by atoms with Gasteiger partial charge in [-0.05, 0) is 23.9 Å². The van der Waals surface area contributed by atoms with Crippen LogP contribution in [0.3, 0.4) is 0 Å². The van der Waals surface area contributed by atoms with Gasteiger partial charge in [0.1, 0.15) is 5.75 Å². The molecular formula is C14H23NO. The van der Waals surface area contributed by atoms with Crippen molar-refractivity contribution >= 4 is 0 Å². The molecule has 2 N–H and O–H groups in total.